The number of benzene rings is 1. The van der Waals surface area contributed by atoms with E-state index in [9.17, 15) is 9.59 Å². The van der Waals surface area contributed by atoms with Gasteiger partial charge in [0.25, 0.3) is 0 Å². The number of aryl methyl sites for hydroxylation is 1. The zero-order valence-corrected chi connectivity index (χ0v) is 11.4. The van der Waals surface area contributed by atoms with Crippen molar-refractivity contribution in [3.8, 4) is 0 Å². The van der Waals surface area contributed by atoms with E-state index < -0.39 is 0 Å². The Morgan fingerprint density at radius 1 is 1.11 bits per heavy atom. The fourth-order valence-electron chi connectivity index (χ4n) is 2.43. The number of ether oxygens (including phenoxy) is 1. The molecule has 0 radical (unpaired) electrons. The van der Waals surface area contributed by atoms with Gasteiger partial charge in [0.15, 0.2) is 0 Å². The van der Waals surface area contributed by atoms with Crippen molar-refractivity contribution in [1.82, 2.24) is 0 Å². The molecule has 3 nitrogen and oxygen atoms in total. The molecule has 0 aliphatic carbocycles. The summed E-state index contributed by atoms with van der Waals surface area (Å²) < 4.78 is 5.19. The molecule has 0 amide bonds. The minimum absolute atomic E-state index is 0.145. The average Bonchev–Trinajstić information content (AvgIpc) is 2.36. The molecule has 3 heteroatoms. The van der Waals surface area contributed by atoms with Gasteiger partial charge in [-0.25, -0.2) is 0 Å². The second-order valence-electron chi connectivity index (χ2n) is 5.30. The lowest BCUT2D eigenvalue weighted by molar-refractivity contribution is -0.143. The van der Waals surface area contributed by atoms with Gasteiger partial charge in [-0.05, 0) is 29.9 Å². The number of fused-ring (bicyclic) bond motifs is 1. The summed E-state index contributed by atoms with van der Waals surface area (Å²) in [4.78, 5) is 23.6. The van der Waals surface area contributed by atoms with Gasteiger partial charge >= 0.3 is 5.97 Å². The van der Waals surface area contributed by atoms with Crippen LogP contribution in [0.3, 0.4) is 0 Å². The molecule has 19 heavy (non-hydrogen) atoms. The molecule has 0 saturated heterocycles. The molecular formula is C16H20O3. The summed E-state index contributed by atoms with van der Waals surface area (Å²) >= 11 is 0. The summed E-state index contributed by atoms with van der Waals surface area (Å²) in [6.45, 7) is 2.46. The van der Waals surface area contributed by atoms with Gasteiger partial charge in [-0.15, -0.1) is 0 Å². The van der Waals surface area contributed by atoms with Gasteiger partial charge < -0.3 is 4.74 Å². The maximum Gasteiger partial charge on any atom is 0.306 e. The summed E-state index contributed by atoms with van der Waals surface area (Å²) in [5.41, 5.74) is 2.13. The zero-order valence-electron chi connectivity index (χ0n) is 11.4. The first-order valence-corrected chi connectivity index (χ1v) is 6.89. The van der Waals surface area contributed by atoms with Crippen molar-refractivity contribution in [2.75, 3.05) is 6.61 Å². The van der Waals surface area contributed by atoms with E-state index in [1.165, 1.54) is 0 Å². The highest BCUT2D eigenvalue weighted by atomic mass is 16.5. The topological polar surface area (TPSA) is 43.4 Å². The third-order valence-electron chi connectivity index (χ3n) is 3.55. The summed E-state index contributed by atoms with van der Waals surface area (Å²) in [7, 11) is 0. The number of hydrogen-bond donors (Lipinski definition) is 0. The summed E-state index contributed by atoms with van der Waals surface area (Å²) in [5, 5.41) is 0. The molecule has 0 saturated carbocycles. The molecule has 2 rings (SSSR count). The van der Waals surface area contributed by atoms with Crippen LogP contribution >= 0.6 is 0 Å². The number of Topliss-reactive ketones (excluding diaryl/α,β-unsaturated/α-hetero) is 1. The maximum atomic E-state index is 12.0. The van der Waals surface area contributed by atoms with Crippen LogP contribution in [-0.4, -0.2) is 18.4 Å². The molecule has 1 unspecified atom stereocenters. The van der Waals surface area contributed by atoms with Crippen LogP contribution in [0.25, 0.3) is 0 Å². The second kappa shape index (κ2) is 6.50. The van der Waals surface area contributed by atoms with Crippen molar-refractivity contribution in [3.63, 3.8) is 0 Å². The molecule has 1 heterocycles. The SMILES string of the molecule is CC1CCOC(=O)CCc2ccccc2CC(=O)C1. The van der Waals surface area contributed by atoms with E-state index in [0.29, 0.717) is 32.3 Å². The Kier molecular flexibility index (Phi) is 4.72. The van der Waals surface area contributed by atoms with E-state index in [2.05, 4.69) is 0 Å². The van der Waals surface area contributed by atoms with Gasteiger partial charge in [-0.2, -0.15) is 0 Å². The predicted molar refractivity (Wildman–Crippen MR) is 72.8 cm³/mol. The van der Waals surface area contributed by atoms with Crippen LogP contribution in [0.15, 0.2) is 24.3 Å². The van der Waals surface area contributed by atoms with Gasteiger partial charge in [0, 0.05) is 19.3 Å². The normalized spacial score (nSPS) is 21.8. The molecule has 0 aromatic heterocycles. The molecule has 1 atom stereocenters. The van der Waals surface area contributed by atoms with E-state index >= 15 is 0 Å². The summed E-state index contributed by atoms with van der Waals surface area (Å²) in [6.07, 6.45) is 2.85. The van der Waals surface area contributed by atoms with E-state index in [4.69, 9.17) is 4.74 Å². The van der Waals surface area contributed by atoms with Crippen molar-refractivity contribution in [1.29, 1.82) is 0 Å². The van der Waals surface area contributed by atoms with Crippen LogP contribution in [0.4, 0.5) is 0 Å². The fraction of sp³-hybridized carbons (Fsp3) is 0.500. The smallest absolute Gasteiger partial charge is 0.306 e. The van der Waals surface area contributed by atoms with Crippen LogP contribution < -0.4 is 0 Å². The minimum atomic E-state index is -0.145. The quantitative estimate of drug-likeness (QED) is 0.674. The zero-order chi connectivity index (χ0) is 13.7. The maximum absolute atomic E-state index is 12.0. The molecule has 1 aliphatic rings. The van der Waals surface area contributed by atoms with Gasteiger partial charge in [0.2, 0.25) is 0 Å². The lowest BCUT2D eigenvalue weighted by atomic mass is 9.94. The van der Waals surface area contributed by atoms with E-state index in [1.54, 1.807) is 0 Å². The Balaban J connectivity index is 2.17. The van der Waals surface area contributed by atoms with Crippen molar-refractivity contribution in [2.45, 2.75) is 39.0 Å². The summed E-state index contributed by atoms with van der Waals surface area (Å²) in [6, 6.07) is 7.86. The Hall–Kier alpha value is -1.64. The van der Waals surface area contributed by atoms with Gasteiger partial charge in [0.05, 0.1) is 6.61 Å². The number of carbonyl (C=O) groups is 2. The largest absolute Gasteiger partial charge is 0.466 e. The molecule has 1 aromatic rings. The Morgan fingerprint density at radius 2 is 1.84 bits per heavy atom. The van der Waals surface area contributed by atoms with Crippen LogP contribution in [0.2, 0.25) is 0 Å². The molecule has 0 N–H and O–H groups in total. The highest BCUT2D eigenvalue weighted by Crippen LogP contribution is 2.17. The Morgan fingerprint density at radius 3 is 2.63 bits per heavy atom. The van der Waals surface area contributed by atoms with Gasteiger partial charge in [0.1, 0.15) is 5.78 Å². The van der Waals surface area contributed by atoms with E-state index in [-0.39, 0.29) is 17.7 Å². The van der Waals surface area contributed by atoms with Crippen LogP contribution in [0.5, 0.6) is 0 Å². The third kappa shape index (κ3) is 4.19. The summed E-state index contributed by atoms with van der Waals surface area (Å²) in [5.74, 6) is 0.396. The first-order chi connectivity index (χ1) is 9.15. The number of esters is 1. The number of cyclic esters (lactones) is 1. The Bertz CT molecular complexity index is 465. The van der Waals surface area contributed by atoms with Gasteiger partial charge in [-0.1, -0.05) is 31.2 Å². The minimum Gasteiger partial charge on any atom is -0.466 e. The van der Waals surface area contributed by atoms with Crippen molar-refractivity contribution >= 4 is 11.8 Å². The van der Waals surface area contributed by atoms with Gasteiger partial charge in [-0.3, -0.25) is 9.59 Å². The fourth-order valence-corrected chi connectivity index (χ4v) is 2.43. The highest BCUT2D eigenvalue weighted by Gasteiger charge is 2.15. The number of hydrogen-bond acceptors (Lipinski definition) is 3. The molecule has 1 aromatic carbocycles. The van der Waals surface area contributed by atoms with E-state index in [0.717, 1.165) is 17.5 Å². The first kappa shape index (κ1) is 13.8. The average molecular weight is 260 g/mol. The molecular weight excluding hydrogens is 240 g/mol. The third-order valence-corrected chi connectivity index (χ3v) is 3.55. The number of rotatable bonds is 0. The monoisotopic (exact) mass is 260 g/mol. The number of ketones is 1. The van der Waals surface area contributed by atoms with Crippen molar-refractivity contribution in [2.24, 2.45) is 5.92 Å². The Labute approximate surface area is 114 Å². The second-order valence-corrected chi connectivity index (χ2v) is 5.30. The molecule has 0 fully saturated rings. The molecule has 0 bridgehead atoms. The molecule has 102 valence electrons. The molecule has 1 aliphatic heterocycles. The van der Waals surface area contributed by atoms with Crippen LogP contribution in [-0.2, 0) is 27.2 Å². The van der Waals surface area contributed by atoms with Crippen molar-refractivity contribution < 1.29 is 14.3 Å². The highest BCUT2D eigenvalue weighted by molar-refractivity contribution is 5.81. The lowest BCUT2D eigenvalue weighted by Crippen LogP contribution is -2.15. The first-order valence-electron chi connectivity index (χ1n) is 6.89. The van der Waals surface area contributed by atoms with Crippen LogP contribution in [0.1, 0.15) is 37.3 Å². The standard InChI is InChI=1S/C16H20O3/c1-12-8-9-19-16(18)7-6-13-4-2-3-5-14(13)11-15(17)10-12/h2-5,12H,6-11H2,1H3. The molecule has 0 spiro atoms. The lowest BCUT2D eigenvalue weighted by Gasteiger charge is -2.14. The van der Waals surface area contributed by atoms with E-state index in [1.807, 2.05) is 31.2 Å². The van der Waals surface area contributed by atoms with Crippen LogP contribution in [0, 0.1) is 5.92 Å². The number of carbonyl (C=O) groups excluding carboxylic acids is 2. The predicted octanol–water partition coefficient (Wildman–Crippen LogP) is 2.70. The van der Waals surface area contributed by atoms with Crippen molar-refractivity contribution in [3.05, 3.63) is 35.4 Å².